The van der Waals surface area contributed by atoms with Gasteiger partial charge in [0.15, 0.2) is 11.6 Å². The van der Waals surface area contributed by atoms with Gasteiger partial charge in [-0.1, -0.05) is 12.1 Å². The van der Waals surface area contributed by atoms with E-state index in [2.05, 4.69) is 0 Å². The summed E-state index contributed by atoms with van der Waals surface area (Å²) in [6, 6.07) is 9.52. The van der Waals surface area contributed by atoms with E-state index in [1.165, 1.54) is 30.3 Å². The molecule has 2 rings (SSSR count). The molecule has 5 nitrogen and oxygen atoms in total. The first kappa shape index (κ1) is 14.0. The molecule has 0 amide bonds. The number of rotatable bonds is 4. The van der Waals surface area contributed by atoms with Crippen LogP contribution >= 0.6 is 0 Å². The summed E-state index contributed by atoms with van der Waals surface area (Å²) in [5, 5.41) is 10.6. The van der Waals surface area contributed by atoms with Crippen LogP contribution in [-0.4, -0.2) is 4.92 Å². The van der Waals surface area contributed by atoms with E-state index in [4.69, 9.17) is 10.5 Å². The van der Waals surface area contributed by atoms with Gasteiger partial charge in [0.2, 0.25) is 0 Å². The summed E-state index contributed by atoms with van der Waals surface area (Å²) in [5.74, 6) is -0.183. The smallest absolute Gasteiger partial charge is 0.269 e. The summed E-state index contributed by atoms with van der Waals surface area (Å²) < 4.78 is 19.3. The molecule has 0 saturated carbocycles. The summed E-state index contributed by atoms with van der Waals surface area (Å²) in [6.07, 6.45) is 0. The van der Waals surface area contributed by atoms with Crippen LogP contribution < -0.4 is 10.5 Å². The Hall–Kier alpha value is -2.47. The average Bonchev–Trinajstić information content (AvgIpc) is 2.41. The highest BCUT2D eigenvalue weighted by atomic mass is 19.1. The van der Waals surface area contributed by atoms with Gasteiger partial charge in [-0.05, 0) is 25.1 Å². The normalized spacial score (nSPS) is 11.9. The fourth-order valence-corrected chi connectivity index (χ4v) is 1.75. The van der Waals surface area contributed by atoms with E-state index in [0.717, 1.165) is 0 Å². The predicted octanol–water partition coefficient (Wildman–Crippen LogP) is 3.55. The summed E-state index contributed by atoms with van der Waals surface area (Å²) in [4.78, 5) is 10.0. The monoisotopic (exact) mass is 276 g/mol. The highest BCUT2D eigenvalue weighted by Crippen LogP contribution is 2.32. The molecule has 104 valence electrons. The number of ether oxygens (including phenoxy) is 1. The Morgan fingerprint density at radius 3 is 2.45 bits per heavy atom. The van der Waals surface area contributed by atoms with Crippen LogP contribution in [0.25, 0.3) is 0 Å². The molecule has 2 aromatic rings. The maximum Gasteiger partial charge on any atom is 0.269 e. The summed E-state index contributed by atoms with van der Waals surface area (Å²) in [6.45, 7) is 1.72. The Kier molecular flexibility index (Phi) is 3.95. The molecule has 0 aliphatic heterocycles. The molecule has 0 fully saturated rings. The van der Waals surface area contributed by atoms with Crippen molar-refractivity contribution in [3.05, 3.63) is 64.0 Å². The number of halogens is 1. The zero-order valence-electron chi connectivity index (χ0n) is 10.7. The third kappa shape index (κ3) is 2.92. The molecular weight excluding hydrogens is 263 g/mol. The topological polar surface area (TPSA) is 78.4 Å². The summed E-state index contributed by atoms with van der Waals surface area (Å²) >= 11 is 0. The van der Waals surface area contributed by atoms with Gasteiger partial charge in [0, 0.05) is 23.7 Å². The molecule has 20 heavy (non-hydrogen) atoms. The Morgan fingerprint density at radius 1 is 1.25 bits per heavy atom. The van der Waals surface area contributed by atoms with Gasteiger partial charge >= 0.3 is 0 Å². The maximum atomic E-state index is 13.8. The van der Waals surface area contributed by atoms with Crippen molar-refractivity contribution in [2.45, 2.75) is 13.0 Å². The van der Waals surface area contributed by atoms with E-state index in [1.807, 2.05) is 0 Å². The third-order valence-corrected chi connectivity index (χ3v) is 2.76. The minimum atomic E-state index is -0.529. The number of nitro groups is 1. The first-order valence-corrected chi connectivity index (χ1v) is 5.95. The van der Waals surface area contributed by atoms with Gasteiger partial charge < -0.3 is 10.5 Å². The van der Waals surface area contributed by atoms with Crippen molar-refractivity contribution in [2.24, 2.45) is 5.73 Å². The van der Waals surface area contributed by atoms with Gasteiger partial charge in [-0.3, -0.25) is 10.1 Å². The lowest BCUT2D eigenvalue weighted by atomic mass is 10.1. The molecule has 1 unspecified atom stereocenters. The second kappa shape index (κ2) is 5.66. The fraction of sp³-hybridized carbons (Fsp3) is 0.143. The predicted molar refractivity (Wildman–Crippen MR) is 72.2 cm³/mol. The Bertz CT molecular complexity index is 627. The Balaban J connectivity index is 2.32. The third-order valence-electron chi connectivity index (χ3n) is 2.76. The number of benzene rings is 2. The quantitative estimate of drug-likeness (QED) is 0.684. The van der Waals surface area contributed by atoms with Crippen molar-refractivity contribution in [3.63, 3.8) is 0 Å². The Morgan fingerprint density at radius 2 is 1.90 bits per heavy atom. The highest BCUT2D eigenvalue weighted by molar-refractivity contribution is 5.43. The van der Waals surface area contributed by atoms with Gasteiger partial charge in [-0.15, -0.1) is 0 Å². The minimum Gasteiger partial charge on any atom is -0.454 e. The molecule has 2 N–H and O–H groups in total. The number of nitro benzene ring substituents is 1. The van der Waals surface area contributed by atoms with Gasteiger partial charge in [0.1, 0.15) is 5.75 Å². The van der Waals surface area contributed by atoms with Crippen molar-refractivity contribution in [3.8, 4) is 11.5 Å². The van der Waals surface area contributed by atoms with E-state index >= 15 is 0 Å². The second-order valence-corrected chi connectivity index (χ2v) is 4.30. The van der Waals surface area contributed by atoms with Crippen LogP contribution in [0.3, 0.4) is 0 Å². The number of hydrogen-bond acceptors (Lipinski definition) is 4. The second-order valence-electron chi connectivity index (χ2n) is 4.30. The lowest BCUT2D eigenvalue weighted by Gasteiger charge is -2.14. The zero-order valence-corrected chi connectivity index (χ0v) is 10.7. The molecule has 0 aromatic heterocycles. The number of para-hydroxylation sites is 1. The molecule has 0 radical (unpaired) electrons. The van der Waals surface area contributed by atoms with Gasteiger partial charge in [0.25, 0.3) is 5.69 Å². The van der Waals surface area contributed by atoms with E-state index in [-0.39, 0.29) is 11.4 Å². The van der Waals surface area contributed by atoms with Crippen LogP contribution in [0, 0.1) is 15.9 Å². The van der Waals surface area contributed by atoms with E-state index < -0.39 is 16.8 Å². The zero-order chi connectivity index (χ0) is 14.7. The Labute approximate surface area is 114 Å². The molecule has 1 atom stereocenters. The van der Waals surface area contributed by atoms with Crippen LogP contribution in [0.4, 0.5) is 10.1 Å². The maximum absolute atomic E-state index is 13.8. The van der Waals surface area contributed by atoms with E-state index in [1.54, 1.807) is 19.1 Å². The van der Waals surface area contributed by atoms with Crippen LogP contribution in [0.5, 0.6) is 11.5 Å². The molecule has 0 saturated heterocycles. The number of non-ortho nitro benzene ring substituents is 1. The van der Waals surface area contributed by atoms with Crippen molar-refractivity contribution in [2.75, 3.05) is 0 Å². The number of hydrogen-bond donors (Lipinski definition) is 1. The van der Waals surface area contributed by atoms with E-state index in [9.17, 15) is 14.5 Å². The van der Waals surface area contributed by atoms with Crippen LogP contribution in [-0.2, 0) is 0 Å². The van der Waals surface area contributed by atoms with Crippen LogP contribution in [0.1, 0.15) is 18.5 Å². The highest BCUT2D eigenvalue weighted by Gasteiger charge is 2.14. The molecule has 6 heteroatoms. The SMILES string of the molecule is CC(N)c1cccc(F)c1Oc1ccc([N+](=O)[O-])cc1. The van der Waals surface area contributed by atoms with Gasteiger partial charge in [0.05, 0.1) is 4.92 Å². The van der Waals surface area contributed by atoms with Gasteiger partial charge in [-0.2, -0.15) is 0 Å². The van der Waals surface area contributed by atoms with Crippen molar-refractivity contribution in [1.82, 2.24) is 0 Å². The number of nitrogens with two attached hydrogens (primary N) is 1. The fourth-order valence-electron chi connectivity index (χ4n) is 1.75. The molecule has 0 aliphatic rings. The van der Waals surface area contributed by atoms with Crippen molar-refractivity contribution >= 4 is 5.69 Å². The minimum absolute atomic E-state index is 0.0383. The first-order valence-electron chi connectivity index (χ1n) is 5.95. The lowest BCUT2D eigenvalue weighted by molar-refractivity contribution is -0.384. The van der Waals surface area contributed by atoms with Crippen molar-refractivity contribution < 1.29 is 14.1 Å². The molecular formula is C14H13FN2O3. The summed E-state index contributed by atoms with van der Waals surface area (Å²) in [7, 11) is 0. The molecule has 2 aromatic carbocycles. The molecule has 0 bridgehead atoms. The average molecular weight is 276 g/mol. The van der Waals surface area contributed by atoms with Gasteiger partial charge in [-0.25, -0.2) is 4.39 Å². The summed E-state index contributed by atoms with van der Waals surface area (Å²) in [5.41, 5.74) is 6.24. The lowest BCUT2D eigenvalue weighted by Crippen LogP contribution is -2.07. The van der Waals surface area contributed by atoms with Crippen molar-refractivity contribution in [1.29, 1.82) is 0 Å². The molecule has 0 aliphatic carbocycles. The van der Waals surface area contributed by atoms with E-state index in [0.29, 0.717) is 11.3 Å². The van der Waals surface area contributed by atoms with Crippen LogP contribution in [0.15, 0.2) is 42.5 Å². The number of nitrogens with zero attached hydrogens (tertiary/aromatic N) is 1. The standard InChI is InChI=1S/C14H13FN2O3/c1-9(16)12-3-2-4-13(15)14(12)20-11-7-5-10(6-8-11)17(18)19/h2-9H,16H2,1H3. The largest absolute Gasteiger partial charge is 0.454 e. The first-order chi connectivity index (χ1) is 9.49. The molecule has 0 spiro atoms. The molecule has 0 heterocycles. The van der Waals surface area contributed by atoms with Crippen LogP contribution in [0.2, 0.25) is 0 Å².